The van der Waals surface area contributed by atoms with Crippen molar-refractivity contribution in [3.63, 3.8) is 0 Å². The SMILES string of the molecule is [O-][O+]1CCN(S)[C@@H](c2ccccc2)C1. The Labute approximate surface area is 89.1 Å². The standard InChI is InChI=1S/C10H13NO2S/c12-13-7-6-11(14)10(8-13)9-4-2-1-3-5-9/h1-5,10,14H,6-8H2/t10-/m1/s1. The first-order valence-corrected chi connectivity index (χ1v) is 5.03. The van der Waals surface area contributed by atoms with Crippen LogP contribution in [-0.2, 0) is 4.52 Å². The molecule has 1 heterocycles. The van der Waals surface area contributed by atoms with Crippen LogP contribution in [0.25, 0.3) is 0 Å². The topological polar surface area (TPSA) is 29.0 Å². The number of hydrogen-bond acceptors (Lipinski definition) is 3. The summed E-state index contributed by atoms with van der Waals surface area (Å²) in [5.74, 6) is 0. The third kappa shape index (κ3) is 2.09. The van der Waals surface area contributed by atoms with E-state index in [0.717, 1.165) is 5.56 Å². The second kappa shape index (κ2) is 4.31. The van der Waals surface area contributed by atoms with E-state index in [2.05, 4.69) is 12.8 Å². The zero-order valence-electron chi connectivity index (χ0n) is 7.80. The van der Waals surface area contributed by atoms with Crippen molar-refractivity contribution in [2.24, 2.45) is 0 Å². The third-order valence-corrected chi connectivity index (χ3v) is 2.91. The molecule has 1 aromatic carbocycles. The summed E-state index contributed by atoms with van der Waals surface area (Å²) in [6.45, 7) is 1.57. The Morgan fingerprint density at radius 1 is 1.36 bits per heavy atom. The summed E-state index contributed by atoms with van der Waals surface area (Å²) in [5, 5.41) is 11.2. The third-order valence-electron chi connectivity index (χ3n) is 2.44. The van der Waals surface area contributed by atoms with Gasteiger partial charge in [0.05, 0.1) is 6.54 Å². The van der Waals surface area contributed by atoms with E-state index >= 15 is 0 Å². The summed E-state index contributed by atoms with van der Waals surface area (Å²) in [6.07, 6.45) is 0. The average Bonchev–Trinajstić information content (AvgIpc) is 2.23. The summed E-state index contributed by atoms with van der Waals surface area (Å²) >= 11 is 4.36. The Hall–Kier alpha value is -0.550. The number of benzene rings is 1. The van der Waals surface area contributed by atoms with E-state index in [-0.39, 0.29) is 6.04 Å². The molecule has 0 N–H and O–H groups in total. The van der Waals surface area contributed by atoms with Crippen molar-refractivity contribution in [3.8, 4) is 0 Å². The second-order valence-corrected chi connectivity index (χ2v) is 3.91. The second-order valence-electron chi connectivity index (χ2n) is 3.40. The van der Waals surface area contributed by atoms with Crippen LogP contribution < -0.4 is 5.26 Å². The summed E-state index contributed by atoms with van der Waals surface area (Å²) in [6, 6.07) is 10.0. The summed E-state index contributed by atoms with van der Waals surface area (Å²) in [7, 11) is 0. The molecule has 0 amide bonds. The van der Waals surface area contributed by atoms with E-state index in [9.17, 15) is 5.26 Å². The van der Waals surface area contributed by atoms with Crippen LogP contribution in [0.4, 0.5) is 0 Å². The van der Waals surface area contributed by atoms with E-state index in [1.54, 1.807) is 0 Å². The molecule has 0 unspecified atom stereocenters. The maximum absolute atomic E-state index is 11.2. The van der Waals surface area contributed by atoms with Gasteiger partial charge in [-0.25, -0.2) is 4.31 Å². The molecule has 0 bridgehead atoms. The van der Waals surface area contributed by atoms with Crippen molar-refractivity contribution < 1.29 is 9.78 Å². The molecule has 3 nitrogen and oxygen atoms in total. The molecule has 14 heavy (non-hydrogen) atoms. The quantitative estimate of drug-likeness (QED) is 0.421. The van der Waals surface area contributed by atoms with Gasteiger partial charge in [-0.2, -0.15) is 0 Å². The fourth-order valence-electron chi connectivity index (χ4n) is 1.64. The predicted octanol–water partition coefficient (Wildman–Crippen LogP) is 0.716. The molecular weight excluding hydrogens is 198 g/mol. The van der Waals surface area contributed by atoms with Gasteiger partial charge in [-0.15, -0.1) is 0 Å². The van der Waals surface area contributed by atoms with Crippen LogP contribution in [0.3, 0.4) is 0 Å². The van der Waals surface area contributed by atoms with Crippen molar-refractivity contribution in [1.29, 1.82) is 0 Å². The lowest BCUT2D eigenvalue weighted by atomic mass is 10.1. The van der Waals surface area contributed by atoms with E-state index in [1.165, 1.54) is 0 Å². The maximum Gasteiger partial charge on any atom is 0.172 e. The lowest BCUT2D eigenvalue weighted by molar-refractivity contribution is -0.799. The van der Waals surface area contributed by atoms with Gasteiger partial charge in [0.1, 0.15) is 6.04 Å². The first-order chi connectivity index (χ1) is 6.77. The molecule has 0 radical (unpaired) electrons. The predicted molar refractivity (Wildman–Crippen MR) is 55.7 cm³/mol. The average molecular weight is 211 g/mol. The van der Waals surface area contributed by atoms with Gasteiger partial charge in [0.2, 0.25) is 0 Å². The number of thiol groups is 1. The number of morpholine rings is 1. The first-order valence-electron chi connectivity index (χ1n) is 4.63. The van der Waals surface area contributed by atoms with Crippen LogP contribution in [-0.4, -0.2) is 24.1 Å². The molecule has 0 aromatic heterocycles. The molecule has 1 aliphatic rings. The molecule has 4 heteroatoms. The highest BCUT2D eigenvalue weighted by molar-refractivity contribution is 7.77. The Kier molecular flexibility index (Phi) is 3.08. The minimum atomic E-state index is 0.0794. The lowest BCUT2D eigenvalue weighted by Crippen LogP contribution is -2.44. The number of hydrogen-bond donors (Lipinski definition) is 1. The van der Waals surface area contributed by atoms with Crippen molar-refractivity contribution >= 4 is 12.8 Å². The largest absolute Gasteiger partial charge is 0.534 e. The monoisotopic (exact) mass is 211 g/mol. The van der Waals surface area contributed by atoms with E-state index in [0.29, 0.717) is 19.8 Å². The molecule has 2 rings (SSSR count). The normalized spacial score (nSPS) is 25.1. The van der Waals surface area contributed by atoms with E-state index in [4.69, 9.17) is 0 Å². The number of rotatable bonds is 1. The van der Waals surface area contributed by atoms with Gasteiger partial charge >= 0.3 is 0 Å². The molecule has 1 aliphatic heterocycles. The zero-order chi connectivity index (χ0) is 9.97. The Morgan fingerprint density at radius 3 is 2.79 bits per heavy atom. The van der Waals surface area contributed by atoms with Crippen molar-refractivity contribution in [3.05, 3.63) is 35.9 Å². The minimum absolute atomic E-state index is 0.0794. The van der Waals surface area contributed by atoms with Gasteiger partial charge in [0.25, 0.3) is 0 Å². The van der Waals surface area contributed by atoms with E-state index < -0.39 is 0 Å². The van der Waals surface area contributed by atoms with Gasteiger partial charge in [-0.05, 0) is 5.56 Å². The molecule has 1 fully saturated rings. The van der Waals surface area contributed by atoms with Crippen LogP contribution in [0.2, 0.25) is 0 Å². The van der Waals surface area contributed by atoms with Crippen LogP contribution in [0.5, 0.6) is 0 Å². The zero-order valence-corrected chi connectivity index (χ0v) is 8.69. The molecule has 0 spiro atoms. The Balaban J connectivity index is 2.16. The van der Waals surface area contributed by atoms with E-state index in [1.807, 2.05) is 39.2 Å². The first kappa shape index (κ1) is 9.98. The fraction of sp³-hybridized carbons (Fsp3) is 0.400. The molecule has 0 aliphatic carbocycles. The van der Waals surface area contributed by atoms with Gasteiger partial charge in [0, 0.05) is 0 Å². The van der Waals surface area contributed by atoms with Gasteiger partial charge < -0.3 is 9.78 Å². The molecule has 0 saturated carbocycles. The van der Waals surface area contributed by atoms with Gasteiger partial charge in [-0.1, -0.05) is 43.1 Å². The van der Waals surface area contributed by atoms with Crippen molar-refractivity contribution in [1.82, 2.24) is 4.31 Å². The van der Waals surface area contributed by atoms with Crippen LogP contribution in [0.1, 0.15) is 11.6 Å². The Bertz CT molecular complexity index is 293. The van der Waals surface area contributed by atoms with Gasteiger partial charge in [0.15, 0.2) is 13.2 Å². The minimum Gasteiger partial charge on any atom is -0.534 e. The molecular formula is C10H13NO2S. The highest BCUT2D eigenvalue weighted by atomic mass is 32.1. The highest BCUT2D eigenvalue weighted by Gasteiger charge is 2.27. The molecule has 1 atom stereocenters. The molecule has 1 saturated heterocycles. The van der Waals surface area contributed by atoms with Crippen molar-refractivity contribution in [2.45, 2.75) is 6.04 Å². The molecule has 76 valence electrons. The van der Waals surface area contributed by atoms with Crippen molar-refractivity contribution in [2.75, 3.05) is 19.8 Å². The fourth-order valence-corrected chi connectivity index (χ4v) is 1.92. The number of nitrogens with zero attached hydrogens (tertiary/aromatic N) is 1. The summed E-state index contributed by atoms with van der Waals surface area (Å²) in [5.41, 5.74) is 1.13. The van der Waals surface area contributed by atoms with Crippen LogP contribution in [0.15, 0.2) is 30.3 Å². The highest BCUT2D eigenvalue weighted by Crippen LogP contribution is 2.26. The maximum atomic E-state index is 11.2. The summed E-state index contributed by atoms with van der Waals surface area (Å²) < 4.78 is 3.78. The van der Waals surface area contributed by atoms with Crippen LogP contribution >= 0.6 is 12.8 Å². The summed E-state index contributed by atoms with van der Waals surface area (Å²) in [4.78, 5) is 0. The smallest absolute Gasteiger partial charge is 0.172 e. The Morgan fingerprint density at radius 2 is 2.07 bits per heavy atom. The van der Waals surface area contributed by atoms with Crippen LogP contribution in [0, 0.1) is 0 Å². The molecule has 1 aromatic rings. The van der Waals surface area contributed by atoms with Gasteiger partial charge in [-0.3, -0.25) is 0 Å². The lowest BCUT2D eigenvalue weighted by Gasteiger charge is -2.36.